The van der Waals surface area contributed by atoms with Gasteiger partial charge in [0.25, 0.3) is 0 Å². The number of nitriles is 1. The summed E-state index contributed by atoms with van der Waals surface area (Å²) in [5, 5.41) is 43.6. The Labute approximate surface area is 169 Å². The molecule has 0 radical (unpaired) electrons. The number of nitrogens with zero attached hydrogens (tertiary/aromatic N) is 4. The summed E-state index contributed by atoms with van der Waals surface area (Å²) in [5.41, 5.74) is 4.10. The van der Waals surface area contributed by atoms with Crippen LogP contribution >= 0.6 is 7.60 Å². The number of carboxylic acids is 1. The molecule has 6 N–H and O–H groups in total. The van der Waals surface area contributed by atoms with E-state index in [1.54, 1.807) is 0 Å². The maximum atomic E-state index is 12.1. The monoisotopic (exact) mass is 441 g/mol. The van der Waals surface area contributed by atoms with Crippen molar-refractivity contribution in [2.45, 2.75) is 30.8 Å². The molecule has 0 aromatic carbocycles. The summed E-state index contributed by atoms with van der Waals surface area (Å²) in [7, 11) is -4.34. The van der Waals surface area contributed by atoms with Gasteiger partial charge in [-0.1, -0.05) is 6.92 Å². The van der Waals surface area contributed by atoms with Gasteiger partial charge in [-0.25, -0.2) is 9.50 Å². The van der Waals surface area contributed by atoms with E-state index in [4.69, 9.17) is 20.1 Å². The highest BCUT2D eigenvalue weighted by Crippen LogP contribution is 2.46. The van der Waals surface area contributed by atoms with Crippen LogP contribution in [-0.4, -0.2) is 71.9 Å². The molecule has 30 heavy (non-hydrogen) atoms. The van der Waals surface area contributed by atoms with Crippen LogP contribution in [0.15, 0.2) is 18.5 Å². The first-order chi connectivity index (χ1) is 14.0. The Morgan fingerprint density at radius 3 is 2.87 bits per heavy atom. The zero-order valence-electron chi connectivity index (χ0n) is 15.7. The van der Waals surface area contributed by atoms with Crippen LogP contribution in [0.1, 0.15) is 12.6 Å². The van der Waals surface area contributed by atoms with Crippen LogP contribution in [-0.2, 0) is 24.2 Å². The molecule has 0 saturated carbocycles. The van der Waals surface area contributed by atoms with E-state index >= 15 is 0 Å². The molecule has 0 bridgehead atoms. The van der Waals surface area contributed by atoms with E-state index in [0.717, 1.165) is 6.33 Å². The topological polar surface area (TPSA) is 214 Å². The number of aliphatic hydroxyl groups is 2. The fourth-order valence-corrected chi connectivity index (χ4v) is 4.55. The number of carbonyl (C=O) groups is 1. The van der Waals surface area contributed by atoms with Crippen molar-refractivity contribution >= 4 is 24.9 Å². The molecule has 2 aromatic heterocycles. The molecule has 1 fully saturated rings. The lowest BCUT2D eigenvalue weighted by molar-refractivity contribution is -0.140. The second-order valence-corrected chi connectivity index (χ2v) is 8.85. The molecule has 162 valence electrons. The Bertz CT molecular complexity index is 1050. The summed E-state index contributed by atoms with van der Waals surface area (Å²) in [6.45, 7) is 0.577. The molecule has 1 aliphatic rings. The maximum absolute atomic E-state index is 12.1. The van der Waals surface area contributed by atoms with Gasteiger partial charge in [0, 0.05) is 0 Å². The lowest BCUT2D eigenvalue weighted by Crippen LogP contribution is -2.41. The molecule has 3 rings (SSSR count). The van der Waals surface area contributed by atoms with Gasteiger partial charge in [0.15, 0.2) is 5.82 Å². The molecular formula is C16H20N5O8P. The summed E-state index contributed by atoms with van der Waals surface area (Å²) < 4.78 is 23.9. The van der Waals surface area contributed by atoms with E-state index < -0.39 is 56.2 Å². The van der Waals surface area contributed by atoms with Gasteiger partial charge in [0.05, 0.1) is 24.4 Å². The molecule has 0 spiro atoms. The number of nitrogen functional groups attached to an aromatic ring is 1. The van der Waals surface area contributed by atoms with Crippen molar-refractivity contribution in [1.82, 2.24) is 14.6 Å². The standard InChI is InChI=1S/C16H20N5O8P/c1-8(15(24)25)5-30(26,27)28-4-10-12(22)13(23)16(6-17,29-10)11-3-2-9-14(18)19-7-20-21(9)11/h2-3,7-8,10,12-13,22-23H,4-5H2,1H3,(H,24,25)(H,26,27)(H2,18,19,20)/t8?,10-,12-,13-,16+/m1/s1. The lowest BCUT2D eigenvalue weighted by atomic mass is 9.92. The number of fused-ring (bicyclic) bond motifs is 1. The maximum Gasteiger partial charge on any atom is 0.329 e. The summed E-state index contributed by atoms with van der Waals surface area (Å²) >= 11 is 0. The van der Waals surface area contributed by atoms with E-state index in [2.05, 4.69) is 10.1 Å². The summed E-state index contributed by atoms with van der Waals surface area (Å²) in [4.78, 5) is 24.6. The average Bonchev–Trinajstić information content (AvgIpc) is 3.22. The number of hydrogen-bond acceptors (Lipinski definition) is 10. The van der Waals surface area contributed by atoms with Crippen molar-refractivity contribution in [1.29, 1.82) is 5.26 Å². The number of aliphatic carboxylic acids is 1. The SMILES string of the molecule is CC(CP(=O)(O)OC[C@H]1O[C@@](C#N)(c2ccc3c(N)ncnn23)[C@H](O)[C@@H]1O)C(=O)O. The Balaban J connectivity index is 1.84. The van der Waals surface area contributed by atoms with Gasteiger partial charge in [-0.2, -0.15) is 10.4 Å². The van der Waals surface area contributed by atoms with E-state index in [-0.39, 0.29) is 11.5 Å². The number of hydrogen-bond donors (Lipinski definition) is 5. The molecular weight excluding hydrogens is 421 g/mol. The summed E-state index contributed by atoms with van der Waals surface area (Å²) in [5.74, 6) is -2.30. The fourth-order valence-electron chi connectivity index (χ4n) is 3.22. The Kier molecular flexibility index (Phi) is 5.83. The minimum Gasteiger partial charge on any atom is -0.481 e. The van der Waals surface area contributed by atoms with Gasteiger partial charge in [-0.15, -0.1) is 0 Å². The second kappa shape index (κ2) is 7.92. The number of aliphatic hydroxyl groups excluding tert-OH is 2. The van der Waals surface area contributed by atoms with E-state index in [9.17, 15) is 29.7 Å². The van der Waals surface area contributed by atoms with Gasteiger partial charge in [-0.3, -0.25) is 9.36 Å². The third-order valence-corrected chi connectivity index (χ3v) is 6.41. The average molecular weight is 441 g/mol. The molecule has 6 atom stereocenters. The van der Waals surface area contributed by atoms with Crippen LogP contribution in [0, 0.1) is 17.2 Å². The fraction of sp³-hybridized carbons (Fsp3) is 0.500. The molecule has 3 heterocycles. The zero-order valence-corrected chi connectivity index (χ0v) is 16.6. The first-order valence-electron chi connectivity index (χ1n) is 8.75. The van der Waals surface area contributed by atoms with Gasteiger partial charge >= 0.3 is 13.6 Å². The summed E-state index contributed by atoms with van der Waals surface area (Å²) in [6.07, 6.45) is -4.27. The number of rotatable bonds is 7. The second-order valence-electron chi connectivity index (χ2n) is 6.96. The molecule has 1 aliphatic heterocycles. The number of aromatic nitrogens is 3. The minimum atomic E-state index is -4.34. The van der Waals surface area contributed by atoms with Crippen LogP contribution in [0.5, 0.6) is 0 Å². The predicted octanol–water partition coefficient (Wildman–Crippen LogP) is -0.926. The largest absolute Gasteiger partial charge is 0.481 e. The number of carboxylic acid groups (broad SMARTS) is 1. The van der Waals surface area contributed by atoms with Crippen molar-refractivity contribution in [2.75, 3.05) is 18.5 Å². The minimum absolute atomic E-state index is 0.0647. The normalized spacial score (nSPS) is 29.4. The molecule has 0 aliphatic carbocycles. The first kappa shape index (κ1) is 22.1. The van der Waals surface area contributed by atoms with Crippen LogP contribution in [0.25, 0.3) is 5.52 Å². The van der Waals surface area contributed by atoms with Crippen molar-refractivity contribution in [3.05, 3.63) is 24.2 Å². The molecule has 0 amide bonds. The molecule has 13 nitrogen and oxygen atoms in total. The predicted molar refractivity (Wildman–Crippen MR) is 99.0 cm³/mol. The van der Waals surface area contributed by atoms with Crippen LogP contribution in [0.2, 0.25) is 0 Å². The number of nitrogens with two attached hydrogens (primary N) is 1. The third kappa shape index (κ3) is 3.77. The highest BCUT2D eigenvalue weighted by molar-refractivity contribution is 7.52. The number of ether oxygens (including phenoxy) is 1. The number of anilines is 1. The van der Waals surface area contributed by atoms with Crippen molar-refractivity contribution in [3.8, 4) is 6.07 Å². The van der Waals surface area contributed by atoms with Gasteiger partial charge in [0.1, 0.15) is 36.2 Å². The Morgan fingerprint density at radius 2 is 2.23 bits per heavy atom. The Morgan fingerprint density at radius 1 is 1.53 bits per heavy atom. The van der Waals surface area contributed by atoms with E-state index in [0.29, 0.717) is 5.52 Å². The van der Waals surface area contributed by atoms with Crippen LogP contribution in [0.4, 0.5) is 5.82 Å². The lowest BCUT2D eigenvalue weighted by Gasteiger charge is -2.24. The summed E-state index contributed by atoms with van der Waals surface area (Å²) in [6, 6.07) is 4.76. The highest BCUT2D eigenvalue weighted by atomic mass is 31.2. The van der Waals surface area contributed by atoms with Gasteiger partial charge in [-0.05, 0) is 12.1 Å². The quantitative estimate of drug-likeness (QED) is 0.330. The Hall–Kier alpha value is -2.59. The molecule has 1 saturated heterocycles. The third-order valence-electron chi connectivity index (χ3n) is 4.85. The van der Waals surface area contributed by atoms with Crippen molar-refractivity contribution < 1.29 is 38.8 Å². The van der Waals surface area contributed by atoms with Crippen molar-refractivity contribution in [2.24, 2.45) is 5.92 Å². The van der Waals surface area contributed by atoms with E-state index in [1.165, 1.54) is 23.6 Å². The van der Waals surface area contributed by atoms with Gasteiger partial charge < -0.3 is 35.2 Å². The zero-order chi connectivity index (χ0) is 22.3. The van der Waals surface area contributed by atoms with Crippen molar-refractivity contribution in [3.63, 3.8) is 0 Å². The molecule has 2 unspecified atom stereocenters. The highest BCUT2D eigenvalue weighted by Gasteiger charge is 2.57. The first-order valence-corrected chi connectivity index (χ1v) is 10.5. The smallest absolute Gasteiger partial charge is 0.329 e. The molecule has 14 heteroatoms. The molecule has 2 aromatic rings. The van der Waals surface area contributed by atoms with Crippen LogP contribution < -0.4 is 5.73 Å². The van der Waals surface area contributed by atoms with Crippen LogP contribution in [0.3, 0.4) is 0 Å². The van der Waals surface area contributed by atoms with E-state index in [1.807, 2.05) is 6.07 Å². The van der Waals surface area contributed by atoms with Gasteiger partial charge in [0.2, 0.25) is 5.60 Å².